The fourth-order valence-electron chi connectivity index (χ4n) is 2.22. The minimum atomic E-state index is -0.759. The van der Waals surface area contributed by atoms with Crippen molar-refractivity contribution in [2.45, 2.75) is 40.2 Å². The predicted octanol–water partition coefficient (Wildman–Crippen LogP) is 1.68. The predicted molar refractivity (Wildman–Crippen MR) is 58.6 cm³/mol. The molecule has 0 saturated heterocycles. The number of nitrogens with zero attached hydrogens (tertiary/aromatic N) is 1. The van der Waals surface area contributed by atoms with E-state index in [1.807, 2.05) is 13.8 Å². The van der Waals surface area contributed by atoms with Crippen molar-refractivity contribution in [1.29, 1.82) is 0 Å². The molecule has 1 aliphatic rings. The van der Waals surface area contributed by atoms with E-state index in [0.29, 0.717) is 23.4 Å². The SMILES string of the molecule is CC(=O)O[C@H]1C(=O)c2c(C)noc2CC1(C)C. The van der Waals surface area contributed by atoms with Gasteiger partial charge < -0.3 is 9.26 Å². The van der Waals surface area contributed by atoms with Crippen molar-refractivity contribution in [2.75, 3.05) is 0 Å². The van der Waals surface area contributed by atoms with Crippen LogP contribution in [0.5, 0.6) is 0 Å². The highest BCUT2D eigenvalue weighted by atomic mass is 16.5. The molecule has 0 amide bonds. The molecular weight excluding hydrogens is 222 g/mol. The van der Waals surface area contributed by atoms with Crippen LogP contribution >= 0.6 is 0 Å². The molecule has 1 aromatic heterocycles. The van der Waals surface area contributed by atoms with Crippen LogP contribution in [0.1, 0.15) is 42.6 Å². The first-order valence-corrected chi connectivity index (χ1v) is 5.49. The third-order valence-corrected chi connectivity index (χ3v) is 3.03. The first-order valence-electron chi connectivity index (χ1n) is 5.49. The number of ether oxygens (including phenoxy) is 1. The maximum absolute atomic E-state index is 12.3. The molecule has 5 nitrogen and oxygen atoms in total. The summed E-state index contributed by atoms with van der Waals surface area (Å²) in [5.41, 5.74) is 0.551. The molecule has 0 N–H and O–H groups in total. The largest absolute Gasteiger partial charge is 0.454 e. The molecule has 2 rings (SSSR count). The van der Waals surface area contributed by atoms with Crippen LogP contribution in [0.4, 0.5) is 0 Å². The average Bonchev–Trinajstić information content (AvgIpc) is 2.53. The van der Waals surface area contributed by atoms with Crippen LogP contribution in [-0.4, -0.2) is 23.0 Å². The van der Waals surface area contributed by atoms with Crippen LogP contribution in [0.25, 0.3) is 0 Å². The summed E-state index contributed by atoms with van der Waals surface area (Å²) in [5, 5.41) is 3.79. The summed E-state index contributed by atoms with van der Waals surface area (Å²) >= 11 is 0. The fourth-order valence-corrected chi connectivity index (χ4v) is 2.22. The van der Waals surface area contributed by atoms with Crippen molar-refractivity contribution in [3.05, 3.63) is 17.0 Å². The zero-order chi connectivity index (χ0) is 12.8. The number of aromatic nitrogens is 1. The third-order valence-electron chi connectivity index (χ3n) is 3.03. The van der Waals surface area contributed by atoms with Gasteiger partial charge in [-0.05, 0) is 6.92 Å². The van der Waals surface area contributed by atoms with Gasteiger partial charge in [0.2, 0.25) is 5.78 Å². The zero-order valence-corrected chi connectivity index (χ0v) is 10.4. The standard InChI is InChI=1S/C12H15NO4/c1-6-9-8(17-13-6)5-12(3,4)11(10(9)15)16-7(2)14/h11H,5H2,1-4H3/t11-/m0/s1. The van der Waals surface area contributed by atoms with Gasteiger partial charge in [-0.3, -0.25) is 9.59 Å². The second kappa shape index (κ2) is 3.68. The van der Waals surface area contributed by atoms with Gasteiger partial charge in [0.1, 0.15) is 5.76 Å². The number of aryl methyl sites for hydroxylation is 1. The van der Waals surface area contributed by atoms with Crippen LogP contribution in [0.15, 0.2) is 4.52 Å². The number of carbonyl (C=O) groups is 2. The lowest BCUT2D eigenvalue weighted by atomic mass is 9.73. The number of hydrogen-bond donors (Lipinski definition) is 0. The molecule has 0 aliphatic heterocycles. The van der Waals surface area contributed by atoms with E-state index in [4.69, 9.17) is 9.26 Å². The molecule has 1 aliphatic carbocycles. The van der Waals surface area contributed by atoms with E-state index in [2.05, 4.69) is 5.16 Å². The van der Waals surface area contributed by atoms with Gasteiger partial charge in [-0.1, -0.05) is 19.0 Å². The van der Waals surface area contributed by atoms with Crippen LogP contribution in [0.3, 0.4) is 0 Å². The van der Waals surface area contributed by atoms with E-state index in [-0.39, 0.29) is 5.78 Å². The molecule has 0 radical (unpaired) electrons. The molecule has 1 atom stereocenters. The molecule has 5 heteroatoms. The number of esters is 1. The second-order valence-corrected chi connectivity index (χ2v) is 5.09. The summed E-state index contributed by atoms with van der Waals surface area (Å²) in [7, 11) is 0. The summed E-state index contributed by atoms with van der Waals surface area (Å²) in [6.07, 6.45) is -0.224. The molecule has 1 aromatic rings. The Morgan fingerprint density at radius 3 is 2.76 bits per heavy atom. The maximum Gasteiger partial charge on any atom is 0.303 e. The number of rotatable bonds is 1. The highest BCUT2D eigenvalue weighted by Gasteiger charge is 2.46. The number of hydrogen-bond acceptors (Lipinski definition) is 5. The fraction of sp³-hybridized carbons (Fsp3) is 0.583. The van der Waals surface area contributed by atoms with Crippen molar-refractivity contribution < 1.29 is 18.8 Å². The quantitative estimate of drug-likeness (QED) is 0.695. The Hall–Kier alpha value is -1.65. The summed E-state index contributed by atoms with van der Waals surface area (Å²) in [6.45, 7) is 6.77. The number of fused-ring (bicyclic) bond motifs is 1. The molecular formula is C12H15NO4. The number of carbonyl (C=O) groups excluding carboxylic acids is 2. The summed E-state index contributed by atoms with van der Waals surface area (Å²) in [4.78, 5) is 23.3. The lowest BCUT2D eigenvalue weighted by Crippen LogP contribution is -2.45. The van der Waals surface area contributed by atoms with Gasteiger partial charge in [-0.15, -0.1) is 0 Å². The summed E-state index contributed by atoms with van der Waals surface area (Å²) in [5.74, 6) is -0.0833. The molecule has 0 spiro atoms. The first-order chi connectivity index (χ1) is 7.83. The van der Waals surface area contributed by atoms with Gasteiger partial charge in [0.15, 0.2) is 6.10 Å². The highest BCUT2D eigenvalue weighted by Crippen LogP contribution is 2.38. The number of ketones is 1. The highest BCUT2D eigenvalue weighted by molar-refractivity contribution is 6.03. The monoisotopic (exact) mass is 237 g/mol. The molecule has 0 saturated carbocycles. The van der Waals surface area contributed by atoms with E-state index in [0.717, 1.165) is 0 Å². The van der Waals surface area contributed by atoms with Crippen LogP contribution in [0.2, 0.25) is 0 Å². The molecule has 1 heterocycles. The van der Waals surface area contributed by atoms with Crippen molar-refractivity contribution in [1.82, 2.24) is 5.16 Å². The Labute approximate surface area is 99.1 Å². The molecule has 17 heavy (non-hydrogen) atoms. The lowest BCUT2D eigenvalue weighted by molar-refractivity contribution is -0.149. The minimum absolute atomic E-state index is 0.217. The lowest BCUT2D eigenvalue weighted by Gasteiger charge is -2.35. The average molecular weight is 237 g/mol. The molecule has 0 unspecified atom stereocenters. The third kappa shape index (κ3) is 1.85. The van der Waals surface area contributed by atoms with Crippen molar-refractivity contribution >= 4 is 11.8 Å². The normalized spacial score (nSPS) is 22.1. The summed E-state index contributed by atoms with van der Waals surface area (Å²) < 4.78 is 10.3. The van der Waals surface area contributed by atoms with E-state index in [1.54, 1.807) is 6.92 Å². The van der Waals surface area contributed by atoms with E-state index < -0.39 is 17.5 Å². The van der Waals surface area contributed by atoms with Crippen LogP contribution < -0.4 is 0 Å². The Balaban J connectivity index is 2.45. The molecule has 0 aromatic carbocycles. The van der Waals surface area contributed by atoms with E-state index >= 15 is 0 Å². The van der Waals surface area contributed by atoms with Crippen molar-refractivity contribution in [3.8, 4) is 0 Å². The first kappa shape index (κ1) is 11.8. The van der Waals surface area contributed by atoms with E-state index in [9.17, 15) is 9.59 Å². The Morgan fingerprint density at radius 1 is 1.53 bits per heavy atom. The van der Waals surface area contributed by atoms with E-state index in [1.165, 1.54) is 6.92 Å². The van der Waals surface area contributed by atoms with Crippen LogP contribution in [0, 0.1) is 12.3 Å². The van der Waals surface area contributed by atoms with Gasteiger partial charge in [-0.2, -0.15) is 0 Å². The zero-order valence-electron chi connectivity index (χ0n) is 10.4. The molecule has 0 bridgehead atoms. The van der Waals surface area contributed by atoms with Gasteiger partial charge in [0.25, 0.3) is 0 Å². The smallest absolute Gasteiger partial charge is 0.303 e. The number of Topliss-reactive ketones (excluding diaryl/α,β-unsaturated/α-hetero) is 1. The summed E-state index contributed by atoms with van der Waals surface area (Å²) in [6, 6.07) is 0. The minimum Gasteiger partial charge on any atom is -0.454 e. The molecule has 0 fully saturated rings. The maximum atomic E-state index is 12.3. The van der Waals surface area contributed by atoms with Gasteiger partial charge in [0, 0.05) is 18.8 Å². The van der Waals surface area contributed by atoms with Crippen molar-refractivity contribution in [3.63, 3.8) is 0 Å². The van der Waals surface area contributed by atoms with Gasteiger partial charge in [0.05, 0.1) is 11.3 Å². The topological polar surface area (TPSA) is 69.4 Å². The van der Waals surface area contributed by atoms with Crippen LogP contribution in [-0.2, 0) is 16.0 Å². The van der Waals surface area contributed by atoms with Gasteiger partial charge in [-0.25, -0.2) is 0 Å². The molecule has 92 valence electrons. The Morgan fingerprint density at radius 2 is 2.18 bits per heavy atom. The van der Waals surface area contributed by atoms with Crippen molar-refractivity contribution in [2.24, 2.45) is 5.41 Å². The second-order valence-electron chi connectivity index (χ2n) is 5.09. The van der Waals surface area contributed by atoms with Gasteiger partial charge >= 0.3 is 5.97 Å². The Bertz CT molecular complexity index is 487. The Kier molecular flexibility index (Phi) is 2.56.